The molecule has 0 unspecified atom stereocenters. The molecule has 1 aromatic rings. The molecule has 0 aliphatic carbocycles. The van der Waals surface area contributed by atoms with Crippen LogP contribution in [0.15, 0.2) is 18.2 Å². The maximum atomic E-state index is 11.6. The predicted molar refractivity (Wildman–Crippen MR) is 72.7 cm³/mol. The first-order valence-corrected chi connectivity index (χ1v) is 6.25. The predicted octanol–water partition coefficient (Wildman–Crippen LogP) is 2.40. The second-order valence-electron chi connectivity index (χ2n) is 3.95. The number of amides is 1. The lowest BCUT2D eigenvalue weighted by atomic mass is 10.2. The smallest absolute Gasteiger partial charge is 0.231 e. The molecular formula is C14H19NO4. The first kappa shape index (κ1) is 15.0. The molecule has 0 aromatic heterocycles. The standard InChI is InChI=1S/C14H19NO4/c1-4-18-11-6-7-13(19-5-2)12(9-11)15-14(17)8-10(3)16/h6-7,9H,4-5,8H2,1-3H3,(H,15,17). The molecule has 0 fully saturated rings. The van der Waals surface area contributed by atoms with E-state index < -0.39 is 0 Å². The average molecular weight is 265 g/mol. The number of rotatable bonds is 7. The summed E-state index contributed by atoms with van der Waals surface area (Å²) in [5.41, 5.74) is 0.513. The summed E-state index contributed by atoms with van der Waals surface area (Å²) in [5, 5.41) is 2.66. The molecule has 0 heterocycles. The highest BCUT2D eigenvalue weighted by Crippen LogP contribution is 2.29. The van der Waals surface area contributed by atoms with Crippen molar-refractivity contribution in [2.75, 3.05) is 18.5 Å². The van der Waals surface area contributed by atoms with E-state index in [1.165, 1.54) is 6.92 Å². The SMILES string of the molecule is CCOc1ccc(OCC)c(NC(=O)CC(C)=O)c1. The molecule has 0 spiro atoms. The van der Waals surface area contributed by atoms with E-state index in [9.17, 15) is 9.59 Å². The normalized spacial score (nSPS) is 9.84. The third kappa shape index (κ3) is 4.99. The summed E-state index contributed by atoms with van der Waals surface area (Å²) >= 11 is 0. The van der Waals surface area contributed by atoms with Gasteiger partial charge in [0, 0.05) is 6.07 Å². The minimum absolute atomic E-state index is 0.148. The lowest BCUT2D eigenvalue weighted by molar-refractivity contribution is -0.124. The van der Waals surface area contributed by atoms with Gasteiger partial charge in [0.2, 0.25) is 5.91 Å². The molecule has 5 heteroatoms. The van der Waals surface area contributed by atoms with Crippen molar-refractivity contribution in [3.05, 3.63) is 18.2 Å². The summed E-state index contributed by atoms with van der Waals surface area (Å²) in [5.74, 6) is 0.658. The maximum Gasteiger partial charge on any atom is 0.231 e. The van der Waals surface area contributed by atoms with Crippen molar-refractivity contribution in [3.63, 3.8) is 0 Å². The van der Waals surface area contributed by atoms with E-state index in [0.717, 1.165) is 0 Å². The van der Waals surface area contributed by atoms with Crippen LogP contribution in [0.1, 0.15) is 27.2 Å². The fourth-order valence-corrected chi connectivity index (χ4v) is 1.57. The van der Waals surface area contributed by atoms with Gasteiger partial charge in [-0.1, -0.05) is 0 Å². The van der Waals surface area contributed by atoms with E-state index in [-0.39, 0.29) is 18.1 Å². The molecule has 104 valence electrons. The molecule has 0 aliphatic rings. The summed E-state index contributed by atoms with van der Waals surface area (Å²) in [6, 6.07) is 5.19. The molecule has 0 radical (unpaired) electrons. The van der Waals surface area contributed by atoms with E-state index >= 15 is 0 Å². The van der Waals surface area contributed by atoms with Crippen LogP contribution in [-0.4, -0.2) is 24.9 Å². The van der Waals surface area contributed by atoms with Crippen molar-refractivity contribution in [1.82, 2.24) is 0 Å². The van der Waals surface area contributed by atoms with Crippen molar-refractivity contribution in [3.8, 4) is 11.5 Å². The third-order valence-corrected chi connectivity index (χ3v) is 2.25. The molecule has 0 saturated carbocycles. The van der Waals surface area contributed by atoms with Gasteiger partial charge in [-0.15, -0.1) is 0 Å². The van der Waals surface area contributed by atoms with E-state index in [2.05, 4.69) is 5.32 Å². The number of carbonyl (C=O) groups excluding carboxylic acids is 2. The molecule has 0 bridgehead atoms. The highest BCUT2D eigenvalue weighted by Gasteiger charge is 2.11. The summed E-state index contributed by atoms with van der Waals surface area (Å²) in [6.07, 6.45) is -0.148. The van der Waals surface area contributed by atoms with Crippen LogP contribution in [0.25, 0.3) is 0 Å². The van der Waals surface area contributed by atoms with Gasteiger partial charge in [0.05, 0.1) is 25.3 Å². The Morgan fingerprint density at radius 1 is 1.16 bits per heavy atom. The van der Waals surface area contributed by atoms with Crippen LogP contribution >= 0.6 is 0 Å². The monoisotopic (exact) mass is 265 g/mol. The Morgan fingerprint density at radius 2 is 1.84 bits per heavy atom. The number of hydrogen-bond acceptors (Lipinski definition) is 4. The minimum atomic E-state index is -0.359. The Labute approximate surface area is 112 Å². The van der Waals surface area contributed by atoms with Crippen molar-refractivity contribution < 1.29 is 19.1 Å². The largest absolute Gasteiger partial charge is 0.494 e. The van der Waals surface area contributed by atoms with Crippen molar-refractivity contribution in [2.45, 2.75) is 27.2 Å². The minimum Gasteiger partial charge on any atom is -0.494 e. The van der Waals surface area contributed by atoms with Crippen LogP contribution in [0.2, 0.25) is 0 Å². The van der Waals surface area contributed by atoms with E-state index in [1.54, 1.807) is 18.2 Å². The van der Waals surface area contributed by atoms with Crippen LogP contribution in [0.4, 0.5) is 5.69 Å². The average Bonchev–Trinajstić information content (AvgIpc) is 2.32. The van der Waals surface area contributed by atoms with Gasteiger partial charge in [-0.2, -0.15) is 0 Å². The summed E-state index contributed by atoms with van der Waals surface area (Å²) < 4.78 is 10.8. The highest BCUT2D eigenvalue weighted by molar-refractivity contribution is 6.04. The molecule has 1 aromatic carbocycles. The number of anilines is 1. The summed E-state index contributed by atoms with van der Waals surface area (Å²) in [6.45, 7) is 6.14. The number of ether oxygens (including phenoxy) is 2. The lowest BCUT2D eigenvalue weighted by Gasteiger charge is -2.13. The molecule has 19 heavy (non-hydrogen) atoms. The number of hydrogen-bond donors (Lipinski definition) is 1. The van der Waals surface area contributed by atoms with E-state index in [4.69, 9.17) is 9.47 Å². The topological polar surface area (TPSA) is 64.6 Å². The highest BCUT2D eigenvalue weighted by atomic mass is 16.5. The molecule has 0 aliphatic heterocycles. The zero-order valence-corrected chi connectivity index (χ0v) is 11.5. The van der Waals surface area contributed by atoms with Gasteiger partial charge in [0.1, 0.15) is 17.3 Å². The first-order chi connectivity index (χ1) is 9.06. The quantitative estimate of drug-likeness (QED) is 0.769. The van der Waals surface area contributed by atoms with Gasteiger partial charge in [0.25, 0.3) is 0 Å². The fraction of sp³-hybridized carbons (Fsp3) is 0.429. The number of ketones is 1. The number of carbonyl (C=O) groups is 2. The zero-order valence-electron chi connectivity index (χ0n) is 11.5. The second kappa shape index (κ2) is 7.41. The van der Waals surface area contributed by atoms with Crippen LogP contribution < -0.4 is 14.8 Å². The summed E-state index contributed by atoms with van der Waals surface area (Å²) in [4.78, 5) is 22.5. The Kier molecular flexibility index (Phi) is 5.85. The Morgan fingerprint density at radius 3 is 2.42 bits per heavy atom. The number of nitrogens with one attached hydrogen (secondary N) is 1. The zero-order chi connectivity index (χ0) is 14.3. The van der Waals surface area contributed by atoms with Gasteiger partial charge in [0.15, 0.2) is 0 Å². The molecule has 1 amide bonds. The van der Waals surface area contributed by atoms with Gasteiger partial charge in [-0.25, -0.2) is 0 Å². The fourth-order valence-electron chi connectivity index (χ4n) is 1.57. The van der Waals surface area contributed by atoms with Gasteiger partial charge in [-0.05, 0) is 32.9 Å². The second-order valence-corrected chi connectivity index (χ2v) is 3.95. The molecule has 1 rings (SSSR count). The van der Waals surface area contributed by atoms with Crippen molar-refractivity contribution in [2.24, 2.45) is 0 Å². The summed E-state index contributed by atoms with van der Waals surface area (Å²) in [7, 11) is 0. The van der Waals surface area contributed by atoms with Crippen molar-refractivity contribution >= 4 is 17.4 Å². The van der Waals surface area contributed by atoms with E-state index in [1.807, 2.05) is 13.8 Å². The van der Waals surface area contributed by atoms with E-state index in [0.29, 0.717) is 30.4 Å². The van der Waals surface area contributed by atoms with Gasteiger partial charge in [-0.3, -0.25) is 9.59 Å². The van der Waals surface area contributed by atoms with Crippen LogP contribution in [0.3, 0.4) is 0 Å². The molecule has 1 N–H and O–H groups in total. The number of Topliss-reactive ketones (excluding diaryl/α,β-unsaturated/α-hetero) is 1. The molecule has 0 saturated heterocycles. The van der Waals surface area contributed by atoms with Gasteiger partial charge >= 0.3 is 0 Å². The number of benzene rings is 1. The van der Waals surface area contributed by atoms with Crippen LogP contribution in [0, 0.1) is 0 Å². The third-order valence-electron chi connectivity index (χ3n) is 2.25. The molecule has 5 nitrogen and oxygen atoms in total. The molecule has 0 atom stereocenters. The van der Waals surface area contributed by atoms with Crippen molar-refractivity contribution in [1.29, 1.82) is 0 Å². The Bertz CT molecular complexity index is 457. The Hall–Kier alpha value is -2.04. The Balaban J connectivity index is 2.89. The van der Waals surface area contributed by atoms with Gasteiger partial charge < -0.3 is 14.8 Å². The van der Waals surface area contributed by atoms with Crippen LogP contribution in [0.5, 0.6) is 11.5 Å². The maximum absolute atomic E-state index is 11.6. The molecular weight excluding hydrogens is 246 g/mol. The lowest BCUT2D eigenvalue weighted by Crippen LogP contribution is -2.15. The van der Waals surface area contributed by atoms with Crippen LogP contribution in [-0.2, 0) is 9.59 Å². The first-order valence-electron chi connectivity index (χ1n) is 6.25.